The van der Waals surface area contributed by atoms with E-state index in [1.807, 2.05) is 24.3 Å². The second-order valence-electron chi connectivity index (χ2n) is 5.11. The number of hydrogen-bond acceptors (Lipinski definition) is 5. The number of nitro benzene ring substituents is 1. The summed E-state index contributed by atoms with van der Waals surface area (Å²) in [7, 11) is 0. The smallest absolute Gasteiger partial charge is 0.269 e. The van der Waals surface area contributed by atoms with Gasteiger partial charge in [0, 0.05) is 30.7 Å². The first kappa shape index (κ1) is 14.9. The van der Waals surface area contributed by atoms with E-state index in [9.17, 15) is 10.1 Å². The average Bonchev–Trinajstić information content (AvgIpc) is 3.04. The molecule has 23 heavy (non-hydrogen) atoms. The summed E-state index contributed by atoms with van der Waals surface area (Å²) in [4.78, 5) is 14.7. The molecule has 0 amide bonds. The molecule has 0 aliphatic rings. The highest BCUT2D eigenvalue weighted by molar-refractivity contribution is 5.55. The molecule has 0 fully saturated rings. The Morgan fingerprint density at radius 2 is 1.70 bits per heavy atom. The van der Waals surface area contributed by atoms with Gasteiger partial charge in [-0.1, -0.05) is 36.4 Å². The molecule has 0 saturated carbocycles. The zero-order chi connectivity index (χ0) is 16.2. The minimum atomic E-state index is -0.415. The van der Waals surface area contributed by atoms with Crippen LogP contribution < -0.4 is 5.73 Å². The summed E-state index contributed by atoms with van der Waals surface area (Å²) in [6.45, 7) is 0.500. The lowest BCUT2D eigenvalue weighted by Crippen LogP contribution is -1.95. The summed E-state index contributed by atoms with van der Waals surface area (Å²) < 4.78 is 0. The fourth-order valence-electron chi connectivity index (χ4n) is 2.22. The van der Waals surface area contributed by atoms with Crippen molar-refractivity contribution in [1.29, 1.82) is 0 Å². The van der Waals surface area contributed by atoms with Crippen LogP contribution in [-0.4, -0.2) is 20.1 Å². The Hall–Kier alpha value is -3.06. The standard InChI is InChI=1S/C16H15N5O2/c17-10-12-1-5-13(6-2-12)16-18-15(19-20-16)9-11-3-7-14(8-4-11)21(22)23/h1-8H,9-10,17H2,(H,18,19,20). The van der Waals surface area contributed by atoms with Crippen molar-refractivity contribution in [2.75, 3.05) is 0 Å². The minimum absolute atomic E-state index is 0.0759. The number of rotatable bonds is 5. The van der Waals surface area contributed by atoms with Crippen molar-refractivity contribution in [1.82, 2.24) is 15.2 Å². The van der Waals surface area contributed by atoms with E-state index >= 15 is 0 Å². The monoisotopic (exact) mass is 309 g/mol. The summed E-state index contributed by atoms with van der Waals surface area (Å²) >= 11 is 0. The zero-order valence-corrected chi connectivity index (χ0v) is 12.3. The molecule has 3 rings (SSSR count). The van der Waals surface area contributed by atoms with E-state index in [2.05, 4.69) is 15.2 Å². The van der Waals surface area contributed by atoms with Crippen molar-refractivity contribution in [2.45, 2.75) is 13.0 Å². The van der Waals surface area contributed by atoms with Crippen LogP contribution in [0.5, 0.6) is 0 Å². The molecule has 3 N–H and O–H groups in total. The van der Waals surface area contributed by atoms with E-state index in [0.717, 1.165) is 16.7 Å². The Kier molecular flexibility index (Phi) is 4.11. The van der Waals surface area contributed by atoms with Crippen LogP contribution in [-0.2, 0) is 13.0 Å². The third-order valence-electron chi connectivity index (χ3n) is 3.50. The second kappa shape index (κ2) is 6.37. The minimum Gasteiger partial charge on any atom is -0.326 e. The molecule has 0 atom stereocenters. The van der Waals surface area contributed by atoms with Crippen LogP contribution >= 0.6 is 0 Å². The van der Waals surface area contributed by atoms with E-state index in [1.165, 1.54) is 12.1 Å². The van der Waals surface area contributed by atoms with Crippen molar-refractivity contribution in [3.05, 3.63) is 75.6 Å². The van der Waals surface area contributed by atoms with Crippen LogP contribution in [0.25, 0.3) is 11.4 Å². The molecule has 0 unspecified atom stereocenters. The van der Waals surface area contributed by atoms with Crippen molar-refractivity contribution >= 4 is 5.69 Å². The van der Waals surface area contributed by atoms with Crippen molar-refractivity contribution in [2.24, 2.45) is 5.73 Å². The fourth-order valence-corrected chi connectivity index (χ4v) is 2.22. The molecule has 0 aliphatic heterocycles. The largest absolute Gasteiger partial charge is 0.326 e. The number of aromatic amines is 1. The van der Waals surface area contributed by atoms with E-state index in [4.69, 9.17) is 5.73 Å². The molecule has 116 valence electrons. The molecular weight excluding hydrogens is 294 g/mol. The highest BCUT2D eigenvalue weighted by Gasteiger charge is 2.08. The van der Waals surface area contributed by atoms with Crippen LogP contribution in [0.3, 0.4) is 0 Å². The van der Waals surface area contributed by atoms with Crippen molar-refractivity contribution in [3.8, 4) is 11.4 Å². The third-order valence-corrected chi connectivity index (χ3v) is 3.50. The Morgan fingerprint density at radius 3 is 2.30 bits per heavy atom. The number of non-ortho nitro benzene ring substituents is 1. The number of benzene rings is 2. The van der Waals surface area contributed by atoms with Crippen molar-refractivity contribution in [3.63, 3.8) is 0 Å². The predicted octanol–water partition coefficient (Wildman–Crippen LogP) is 2.43. The van der Waals surface area contributed by atoms with Gasteiger partial charge >= 0.3 is 0 Å². The average molecular weight is 309 g/mol. The summed E-state index contributed by atoms with van der Waals surface area (Å²) in [5.41, 5.74) is 8.54. The Morgan fingerprint density at radius 1 is 1.04 bits per heavy atom. The predicted molar refractivity (Wildman–Crippen MR) is 85.6 cm³/mol. The van der Waals surface area contributed by atoms with Crippen LogP contribution in [0.2, 0.25) is 0 Å². The first-order valence-electron chi connectivity index (χ1n) is 7.09. The maximum Gasteiger partial charge on any atom is 0.269 e. The Labute approximate surface area is 132 Å². The van der Waals surface area contributed by atoms with Gasteiger partial charge in [-0.15, -0.1) is 0 Å². The molecule has 0 bridgehead atoms. The number of hydrogen-bond donors (Lipinski definition) is 2. The SMILES string of the molecule is NCc1ccc(-c2n[nH]c(Cc3ccc([N+](=O)[O-])cc3)n2)cc1. The van der Waals surface area contributed by atoms with Crippen LogP contribution in [0.4, 0.5) is 5.69 Å². The van der Waals surface area contributed by atoms with Gasteiger partial charge in [-0.05, 0) is 11.1 Å². The number of nitrogens with two attached hydrogens (primary N) is 1. The molecule has 0 aliphatic carbocycles. The number of aromatic nitrogens is 3. The van der Waals surface area contributed by atoms with Crippen LogP contribution in [0.1, 0.15) is 17.0 Å². The molecule has 7 heteroatoms. The Balaban J connectivity index is 1.74. The van der Waals surface area contributed by atoms with E-state index in [-0.39, 0.29) is 5.69 Å². The maximum atomic E-state index is 10.6. The maximum absolute atomic E-state index is 10.6. The molecular formula is C16H15N5O2. The van der Waals surface area contributed by atoms with Crippen LogP contribution in [0, 0.1) is 10.1 Å². The van der Waals surface area contributed by atoms with Crippen molar-refractivity contribution < 1.29 is 4.92 Å². The van der Waals surface area contributed by atoms with E-state index in [1.54, 1.807) is 12.1 Å². The molecule has 0 saturated heterocycles. The highest BCUT2D eigenvalue weighted by atomic mass is 16.6. The van der Waals surface area contributed by atoms with Gasteiger partial charge in [0.05, 0.1) is 4.92 Å². The quantitative estimate of drug-likeness (QED) is 0.555. The molecule has 0 radical (unpaired) electrons. The second-order valence-corrected chi connectivity index (χ2v) is 5.11. The van der Waals surface area contributed by atoms with Gasteiger partial charge in [0.1, 0.15) is 5.82 Å². The first-order chi connectivity index (χ1) is 11.2. The summed E-state index contributed by atoms with van der Waals surface area (Å²) in [5.74, 6) is 1.32. The lowest BCUT2D eigenvalue weighted by Gasteiger charge is -1.98. The van der Waals surface area contributed by atoms with Gasteiger partial charge < -0.3 is 5.73 Å². The fraction of sp³-hybridized carbons (Fsp3) is 0.125. The van der Waals surface area contributed by atoms with Crippen LogP contribution in [0.15, 0.2) is 48.5 Å². The summed E-state index contributed by atoms with van der Waals surface area (Å²) in [6, 6.07) is 14.2. The molecule has 0 spiro atoms. The summed E-state index contributed by atoms with van der Waals surface area (Å²) in [5, 5.41) is 17.8. The van der Waals surface area contributed by atoms with Gasteiger partial charge in [-0.25, -0.2) is 4.98 Å². The topological polar surface area (TPSA) is 111 Å². The molecule has 7 nitrogen and oxygen atoms in total. The highest BCUT2D eigenvalue weighted by Crippen LogP contribution is 2.17. The van der Waals surface area contributed by atoms with Gasteiger partial charge in [-0.2, -0.15) is 5.10 Å². The van der Waals surface area contributed by atoms with E-state index in [0.29, 0.717) is 24.6 Å². The van der Waals surface area contributed by atoms with E-state index < -0.39 is 4.92 Å². The molecule has 3 aromatic rings. The lowest BCUT2D eigenvalue weighted by atomic mass is 10.1. The number of nitrogens with zero attached hydrogens (tertiary/aromatic N) is 3. The first-order valence-corrected chi connectivity index (χ1v) is 7.09. The molecule has 1 heterocycles. The van der Waals surface area contributed by atoms with Gasteiger partial charge in [0.25, 0.3) is 5.69 Å². The Bertz CT molecular complexity index is 809. The zero-order valence-electron chi connectivity index (χ0n) is 12.3. The third kappa shape index (κ3) is 3.41. The molecule has 1 aromatic heterocycles. The number of H-pyrrole nitrogens is 1. The molecule has 2 aromatic carbocycles. The number of nitro groups is 1. The van der Waals surface area contributed by atoms with Gasteiger partial charge in [-0.3, -0.25) is 15.2 Å². The lowest BCUT2D eigenvalue weighted by molar-refractivity contribution is -0.384. The number of nitrogens with one attached hydrogen (secondary N) is 1. The van der Waals surface area contributed by atoms with Gasteiger partial charge in [0.2, 0.25) is 0 Å². The van der Waals surface area contributed by atoms with Gasteiger partial charge in [0.15, 0.2) is 5.82 Å². The normalized spacial score (nSPS) is 10.7. The summed E-state index contributed by atoms with van der Waals surface area (Å²) in [6.07, 6.45) is 0.534.